The molecule has 1 aromatic heterocycles. The van der Waals surface area contributed by atoms with Gasteiger partial charge in [-0.1, -0.05) is 41.9 Å². The van der Waals surface area contributed by atoms with Gasteiger partial charge in [-0.15, -0.1) is 0 Å². The molecule has 3 rings (SSSR count). The van der Waals surface area contributed by atoms with Gasteiger partial charge in [-0.05, 0) is 31.5 Å². The largest absolute Gasteiger partial charge is 0.493 e. The smallest absolute Gasteiger partial charge is 0.257 e. The third kappa shape index (κ3) is 4.64. The number of nitrogens with one attached hydrogen (secondary N) is 1. The number of rotatable bonds is 7. The average molecular weight is 400 g/mol. The van der Waals surface area contributed by atoms with E-state index in [1.54, 1.807) is 29.1 Å². The van der Waals surface area contributed by atoms with E-state index in [1.807, 2.05) is 44.2 Å². The molecule has 0 spiro atoms. The first-order valence-corrected chi connectivity index (χ1v) is 9.27. The van der Waals surface area contributed by atoms with Gasteiger partial charge in [0.05, 0.1) is 31.0 Å². The Balaban J connectivity index is 1.81. The van der Waals surface area contributed by atoms with E-state index in [4.69, 9.17) is 21.1 Å². The summed E-state index contributed by atoms with van der Waals surface area (Å²) >= 11 is 6.32. The predicted octanol–water partition coefficient (Wildman–Crippen LogP) is 4.63. The van der Waals surface area contributed by atoms with Gasteiger partial charge in [-0.25, -0.2) is 4.68 Å². The van der Waals surface area contributed by atoms with Crippen LogP contribution in [0.2, 0.25) is 5.02 Å². The molecule has 0 aliphatic rings. The molecule has 0 aliphatic carbocycles. The molecule has 1 heterocycles. The SMILES string of the molecule is COc1cc(C(=O)Nc2ccnn2Cc2ccccc2)cc(Cl)c1OC(C)C. The van der Waals surface area contributed by atoms with Crippen LogP contribution in [0.15, 0.2) is 54.7 Å². The molecular weight excluding hydrogens is 378 g/mol. The molecule has 0 atom stereocenters. The number of carbonyl (C=O) groups excluding carboxylic acids is 1. The maximum absolute atomic E-state index is 12.8. The van der Waals surface area contributed by atoms with Gasteiger partial charge >= 0.3 is 0 Å². The topological polar surface area (TPSA) is 65.4 Å². The standard InChI is InChI=1S/C21H22ClN3O3/c1-14(2)28-20-17(22)11-16(12-18(20)27-3)21(26)24-19-9-10-23-25(19)13-15-7-5-4-6-8-15/h4-12,14H,13H2,1-3H3,(H,24,26). The molecule has 0 saturated heterocycles. The first kappa shape index (κ1) is 19.8. The summed E-state index contributed by atoms with van der Waals surface area (Å²) in [6, 6.07) is 14.8. The van der Waals surface area contributed by atoms with Gasteiger partial charge in [-0.3, -0.25) is 4.79 Å². The van der Waals surface area contributed by atoms with Crippen LogP contribution in [0.1, 0.15) is 29.8 Å². The van der Waals surface area contributed by atoms with Gasteiger partial charge in [0.2, 0.25) is 0 Å². The molecule has 28 heavy (non-hydrogen) atoms. The monoisotopic (exact) mass is 399 g/mol. The number of benzene rings is 2. The zero-order valence-electron chi connectivity index (χ0n) is 16.0. The number of methoxy groups -OCH3 is 1. The van der Waals surface area contributed by atoms with Crippen LogP contribution >= 0.6 is 11.6 Å². The Morgan fingerprint density at radius 1 is 1.21 bits per heavy atom. The summed E-state index contributed by atoms with van der Waals surface area (Å²) in [6.45, 7) is 4.34. The zero-order chi connectivity index (χ0) is 20.1. The number of halogens is 1. The number of hydrogen-bond donors (Lipinski definition) is 1. The minimum atomic E-state index is -0.314. The fraction of sp³-hybridized carbons (Fsp3) is 0.238. The minimum Gasteiger partial charge on any atom is -0.493 e. The maximum atomic E-state index is 12.8. The highest BCUT2D eigenvalue weighted by molar-refractivity contribution is 6.32. The quantitative estimate of drug-likeness (QED) is 0.628. The van der Waals surface area contributed by atoms with Gasteiger partial charge in [0.15, 0.2) is 11.5 Å². The molecule has 0 fully saturated rings. The normalized spacial score (nSPS) is 10.8. The Kier molecular flexibility index (Phi) is 6.21. The molecule has 1 amide bonds. The summed E-state index contributed by atoms with van der Waals surface area (Å²) in [7, 11) is 1.51. The van der Waals surface area contributed by atoms with Crippen LogP contribution < -0.4 is 14.8 Å². The van der Waals surface area contributed by atoms with Gasteiger partial charge in [-0.2, -0.15) is 5.10 Å². The molecule has 6 nitrogen and oxygen atoms in total. The van der Waals surface area contributed by atoms with Crippen LogP contribution in [-0.4, -0.2) is 28.9 Å². The van der Waals surface area contributed by atoms with E-state index < -0.39 is 0 Å². The van der Waals surface area contributed by atoms with E-state index in [9.17, 15) is 4.79 Å². The van der Waals surface area contributed by atoms with E-state index in [-0.39, 0.29) is 12.0 Å². The molecule has 7 heteroatoms. The van der Waals surface area contributed by atoms with Crippen molar-refractivity contribution in [1.29, 1.82) is 0 Å². The number of hydrogen-bond acceptors (Lipinski definition) is 4. The van der Waals surface area contributed by atoms with Crippen molar-refractivity contribution < 1.29 is 14.3 Å². The molecule has 2 aromatic carbocycles. The number of nitrogens with zero attached hydrogens (tertiary/aromatic N) is 2. The van der Waals surface area contributed by atoms with Crippen molar-refractivity contribution in [2.24, 2.45) is 0 Å². The van der Waals surface area contributed by atoms with E-state index in [0.717, 1.165) is 5.56 Å². The fourth-order valence-corrected chi connectivity index (χ4v) is 2.97. The van der Waals surface area contributed by atoms with Crippen molar-refractivity contribution in [1.82, 2.24) is 9.78 Å². The van der Waals surface area contributed by atoms with Crippen molar-refractivity contribution >= 4 is 23.3 Å². The van der Waals surface area contributed by atoms with Gasteiger partial charge in [0.1, 0.15) is 5.82 Å². The Morgan fingerprint density at radius 2 is 1.96 bits per heavy atom. The first-order valence-electron chi connectivity index (χ1n) is 8.89. The Bertz CT molecular complexity index is 955. The number of aromatic nitrogens is 2. The zero-order valence-corrected chi connectivity index (χ0v) is 16.7. The summed E-state index contributed by atoms with van der Waals surface area (Å²) in [5.74, 6) is 1.10. The lowest BCUT2D eigenvalue weighted by molar-refractivity contribution is 0.102. The predicted molar refractivity (Wildman–Crippen MR) is 109 cm³/mol. The summed E-state index contributed by atoms with van der Waals surface area (Å²) in [6.07, 6.45) is 1.57. The summed E-state index contributed by atoms with van der Waals surface area (Å²) in [5, 5.41) is 7.48. The van der Waals surface area contributed by atoms with Gasteiger partial charge in [0.25, 0.3) is 5.91 Å². The van der Waals surface area contributed by atoms with Crippen molar-refractivity contribution in [2.75, 3.05) is 12.4 Å². The number of ether oxygens (including phenoxy) is 2. The van der Waals surface area contributed by atoms with E-state index in [2.05, 4.69) is 10.4 Å². The molecule has 1 N–H and O–H groups in total. The van der Waals surface area contributed by atoms with Crippen LogP contribution in [-0.2, 0) is 6.54 Å². The van der Waals surface area contributed by atoms with Crippen molar-refractivity contribution in [3.05, 3.63) is 70.9 Å². The summed E-state index contributed by atoms with van der Waals surface area (Å²) < 4.78 is 12.8. The second-order valence-electron chi connectivity index (χ2n) is 6.47. The Labute approximate surface area is 169 Å². The second-order valence-corrected chi connectivity index (χ2v) is 6.88. The molecule has 0 radical (unpaired) electrons. The fourth-order valence-electron chi connectivity index (χ4n) is 2.71. The molecular formula is C21H22ClN3O3. The van der Waals surface area contributed by atoms with Crippen LogP contribution in [0, 0.1) is 0 Å². The Hall–Kier alpha value is -2.99. The van der Waals surface area contributed by atoms with Gasteiger partial charge in [0, 0.05) is 11.6 Å². The van der Waals surface area contributed by atoms with E-state index in [0.29, 0.717) is 34.4 Å². The first-order chi connectivity index (χ1) is 13.5. The lowest BCUT2D eigenvalue weighted by Crippen LogP contribution is -2.16. The van der Waals surface area contributed by atoms with Crippen LogP contribution in [0.3, 0.4) is 0 Å². The van der Waals surface area contributed by atoms with E-state index >= 15 is 0 Å². The van der Waals surface area contributed by atoms with Crippen molar-refractivity contribution in [2.45, 2.75) is 26.5 Å². The molecule has 3 aromatic rings. The highest BCUT2D eigenvalue weighted by Gasteiger charge is 2.18. The lowest BCUT2D eigenvalue weighted by Gasteiger charge is -2.16. The third-order valence-corrected chi connectivity index (χ3v) is 4.26. The lowest BCUT2D eigenvalue weighted by atomic mass is 10.2. The van der Waals surface area contributed by atoms with Crippen LogP contribution in [0.25, 0.3) is 0 Å². The van der Waals surface area contributed by atoms with Gasteiger partial charge < -0.3 is 14.8 Å². The number of anilines is 1. The highest BCUT2D eigenvalue weighted by Crippen LogP contribution is 2.37. The number of carbonyl (C=O) groups is 1. The van der Waals surface area contributed by atoms with Crippen molar-refractivity contribution in [3.63, 3.8) is 0 Å². The third-order valence-electron chi connectivity index (χ3n) is 3.98. The molecule has 0 unspecified atom stereocenters. The maximum Gasteiger partial charge on any atom is 0.257 e. The second kappa shape index (κ2) is 8.80. The molecule has 0 bridgehead atoms. The summed E-state index contributed by atoms with van der Waals surface area (Å²) in [5.41, 5.74) is 1.45. The molecule has 0 aliphatic heterocycles. The average Bonchev–Trinajstić information content (AvgIpc) is 3.10. The Morgan fingerprint density at radius 3 is 2.64 bits per heavy atom. The van der Waals surface area contributed by atoms with Crippen molar-refractivity contribution in [3.8, 4) is 11.5 Å². The van der Waals surface area contributed by atoms with Crippen LogP contribution in [0.4, 0.5) is 5.82 Å². The van der Waals surface area contributed by atoms with E-state index in [1.165, 1.54) is 7.11 Å². The minimum absolute atomic E-state index is 0.0709. The highest BCUT2D eigenvalue weighted by atomic mass is 35.5. The number of amides is 1. The molecule has 146 valence electrons. The molecule has 0 saturated carbocycles. The summed E-state index contributed by atoms with van der Waals surface area (Å²) in [4.78, 5) is 12.8. The van der Waals surface area contributed by atoms with Crippen LogP contribution in [0.5, 0.6) is 11.5 Å².